The summed E-state index contributed by atoms with van der Waals surface area (Å²) in [6.07, 6.45) is 1.07. The second-order valence-corrected chi connectivity index (χ2v) is 6.97. The summed E-state index contributed by atoms with van der Waals surface area (Å²) in [6, 6.07) is 8.79. The van der Waals surface area contributed by atoms with E-state index in [1.165, 1.54) is 16.5 Å². The van der Waals surface area contributed by atoms with E-state index >= 15 is 0 Å². The average molecular weight is 339 g/mol. The van der Waals surface area contributed by atoms with E-state index in [-0.39, 0.29) is 0 Å². The lowest BCUT2D eigenvalue weighted by atomic mass is 10.0. The molecule has 3 aromatic rings. The van der Waals surface area contributed by atoms with Gasteiger partial charge in [0.15, 0.2) is 0 Å². The molecule has 124 valence electrons. The normalized spacial score (nSPS) is 15.9. The van der Waals surface area contributed by atoms with Crippen molar-refractivity contribution in [1.82, 2.24) is 14.9 Å². The third kappa shape index (κ3) is 3.34. The monoisotopic (exact) mass is 339 g/mol. The molecule has 4 rings (SSSR count). The number of fused-ring (bicyclic) bond motifs is 1. The third-order valence-electron chi connectivity index (χ3n) is 4.60. The summed E-state index contributed by atoms with van der Waals surface area (Å²) < 4.78 is 5.41. The Morgan fingerprint density at radius 3 is 2.83 bits per heavy atom. The molecule has 0 amide bonds. The van der Waals surface area contributed by atoms with Gasteiger partial charge in [-0.3, -0.25) is 4.90 Å². The van der Waals surface area contributed by atoms with Gasteiger partial charge in [-0.05, 0) is 42.7 Å². The van der Waals surface area contributed by atoms with E-state index in [1.54, 1.807) is 11.3 Å². The highest BCUT2D eigenvalue weighted by molar-refractivity contribution is 7.07. The van der Waals surface area contributed by atoms with Gasteiger partial charge in [-0.2, -0.15) is 0 Å². The maximum atomic E-state index is 5.41. The zero-order valence-corrected chi connectivity index (χ0v) is 14.7. The van der Waals surface area contributed by atoms with Crippen LogP contribution in [0, 0.1) is 6.92 Å². The number of rotatable bonds is 4. The van der Waals surface area contributed by atoms with E-state index in [0.29, 0.717) is 0 Å². The van der Waals surface area contributed by atoms with E-state index in [4.69, 9.17) is 9.72 Å². The summed E-state index contributed by atoms with van der Waals surface area (Å²) in [5.74, 6) is 0. The molecular formula is C19H21N3OS. The lowest BCUT2D eigenvalue weighted by Crippen LogP contribution is -2.37. The highest BCUT2D eigenvalue weighted by atomic mass is 32.1. The average Bonchev–Trinajstić information content (AvgIpc) is 3.16. The van der Waals surface area contributed by atoms with Crippen LogP contribution in [0.15, 0.2) is 35.2 Å². The van der Waals surface area contributed by atoms with Crippen LogP contribution in [0.3, 0.4) is 0 Å². The van der Waals surface area contributed by atoms with E-state index in [1.807, 2.05) is 10.9 Å². The fourth-order valence-electron chi connectivity index (χ4n) is 3.18. The smallest absolute Gasteiger partial charge is 0.0995 e. The van der Waals surface area contributed by atoms with Gasteiger partial charge in [-0.25, -0.2) is 9.97 Å². The minimum Gasteiger partial charge on any atom is -0.379 e. The number of aryl methyl sites for hydroxylation is 1. The number of thiazole rings is 1. The number of ether oxygens (including phenoxy) is 1. The summed E-state index contributed by atoms with van der Waals surface area (Å²) in [5, 5.41) is 3.29. The Balaban J connectivity index is 1.56. The first-order valence-electron chi connectivity index (χ1n) is 8.38. The molecule has 0 N–H and O–H groups in total. The Bertz CT molecular complexity index is 826. The van der Waals surface area contributed by atoms with Crippen LogP contribution in [0.25, 0.3) is 22.3 Å². The molecule has 2 aromatic heterocycles. The summed E-state index contributed by atoms with van der Waals surface area (Å²) in [7, 11) is 0. The van der Waals surface area contributed by atoms with Crippen molar-refractivity contribution in [1.29, 1.82) is 0 Å². The van der Waals surface area contributed by atoms with Gasteiger partial charge in [0.2, 0.25) is 0 Å². The topological polar surface area (TPSA) is 38.2 Å². The second-order valence-electron chi connectivity index (χ2n) is 6.25. The largest absolute Gasteiger partial charge is 0.379 e. The van der Waals surface area contributed by atoms with Gasteiger partial charge in [-0.1, -0.05) is 6.07 Å². The Morgan fingerprint density at radius 1 is 1.17 bits per heavy atom. The lowest BCUT2D eigenvalue weighted by Gasteiger charge is -2.26. The molecular weight excluding hydrogens is 318 g/mol. The Kier molecular flexibility index (Phi) is 4.56. The van der Waals surface area contributed by atoms with Crippen molar-refractivity contribution in [3.8, 4) is 11.4 Å². The van der Waals surface area contributed by atoms with Crippen molar-refractivity contribution in [3.05, 3.63) is 46.3 Å². The van der Waals surface area contributed by atoms with Gasteiger partial charge in [0.05, 0.1) is 35.6 Å². The third-order valence-corrected chi connectivity index (χ3v) is 5.18. The molecule has 0 radical (unpaired) electrons. The molecule has 24 heavy (non-hydrogen) atoms. The van der Waals surface area contributed by atoms with Crippen LogP contribution in [0.1, 0.15) is 11.1 Å². The van der Waals surface area contributed by atoms with Crippen LogP contribution in [-0.2, 0) is 11.2 Å². The van der Waals surface area contributed by atoms with Crippen molar-refractivity contribution in [2.45, 2.75) is 13.3 Å². The van der Waals surface area contributed by atoms with Crippen LogP contribution < -0.4 is 0 Å². The predicted molar refractivity (Wildman–Crippen MR) is 98.6 cm³/mol. The van der Waals surface area contributed by atoms with Crippen LogP contribution in [0.2, 0.25) is 0 Å². The zero-order valence-electron chi connectivity index (χ0n) is 13.9. The first-order valence-corrected chi connectivity index (χ1v) is 9.33. The van der Waals surface area contributed by atoms with Crippen LogP contribution in [0.4, 0.5) is 0 Å². The second kappa shape index (κ2) is 6.97. The van der Waals surface area contributed by atoms with Crippen molar-refractivity contribution < 1.29 is 4.74 Å². The molecule has 1 fully saturated rings. The van der Waals surface area contributed by atoms with Crippen molar-refractivity contribution in [2.75, 3.05) is 32.8 Å². The lowest BCUT2D eigenvalue weighted by molar-refractivity contribution is 0.0384. The molecule has 1 aromatic carbocycles. The minimum absolute atomic E-state index is 0.861. The first-order chi connectivity index (χ1) is 11.8. The van der Waals surface area contributed by atoms with Crippen LogP contribution >= 0.6 is 11.3 Å². The van der Waals surface area contributed by atoms with Gasteiger partial charge in [-0.15, -0.1) is 11.3 Å². The molecule has 4 nitrogen and oxygen atoms in total. The number of nitrogens with zero attached hydrogens (tertiary/aromatic N) is 3. The maximum absolute atomic E-state index is 5.41. The van der Waals surface area contributed by atoms with E-state index in [0.717, 1.165) is 56.2 Å². The quantitative estimate of drug-likeness (QED) is 0.729. The summed E-state index contributed by atoms with van der Waals surface area (Å²) in [5.41, 5.74) is 7.46. The number of benzene rings is 1. The highest BCUT2D eigenvalue weighted by Gasteiger charge is 2.11. The molecule has 1 aliphatic rings. The zero-order chi connectivity index (χ0) is 16.4. The standard InChI is InChI=1S/C19H21N3OS/c1-14-10-18(19-12-24-13-20-19)21-17-3-2-15(11-16(14)17)4-5-22-6-8-23-9-7-22/h2-3,10-13H,4-9H2,1H3. The molecule has 0 aliphatic carbocycles. The fraction of sp³-hybridized carbons (Fsp3) is 0.368. The Morgan fingerprint density at radius 2 is 2.04 bits per heavy atom. The molecule has 1 saturated heterocycles. The minimum atomic E-state index is 0.861. The van der Waals surface area contributed by atoms with Crippen molar-refractivity contribution in [3.63, 3.8) is 0 Å². The van der Waals surface area contributed by atoms with Gasteiger partial charge >= 0.3 is 0 Å². The number of hydrogen-bond acceptors (Lipinski definition) is 5. The maximum Gasteiger partial charge on any atom is 0.0995 e. The molecule has 0 saturated carbocycles. The van der Waals surface area contributed by atoms with E-state index in [2.05, 4.69) is 41.1 Å². The van der Waals surface area contributed by atoms with E-state index < -0.39 is 0 Å². The fourth-order valence-corrected chi connectivity index (χ4v) is 3.72. The number of aromatic nitrogens is 2. The molecule has 1 aliphatic heterocycles. The van der Waals surface area contributed by atoms with Gasteiger partial charge < -0.3 is 4.74 Å². The molecule has 3 heterocycles. The predicted octanol–water partition coefficient (Wildman–Crippen LogP) is 3.54. The molecule has 0 unspecified atom stereocenters. The van der Waals surface area contributed by atoms with Crippen LogP contribution in [-0.4, -0.2) is 47.7 Å². The van der Waals surface area contributed by atoms with Crippen LogP contribution in [0.5, 0.6) is 0 Å². The Labute approximate surface area is 146 Å². The van der Waals surface area contributed by atoms with Crippen molar-refractivity contribution >= 4 is 22.2 Å². The molecule has 0 bridgehead atoms. The summed E-state index contributed by atoms with van der Waals surface area (Å²) in [4.78, 5) is 11.6. The number of morpholine rings is 1. The van der Waals surface area contributed by atoms with Gasteiger partial charge in [0.1, 0.15) is 0 Å². The number of hydrogen-bond donors (Lipinski definition) is 0. The SMILES string of the molecule is Cc1cc(-c2cscn2)nc2ccc(CCN3CCOCC3)cc12. The van der Waals surface area contributed by atoms with Gasteiger partial charge in [0, 0.05) is 30.4 Å². The highest BCUT2D eigenvalue weighted by Crippen LogP contribution is 2.25. The van der Waals surface area contributed by atoms with E-state index in [9.17, 15) is 0 Å². The summed E-state index contributed by atoms with van der Waals surface area (Å²) >= 11 is 1.60. The number of pyridine rings is 1. The van der Waals surface area contributed by atoms with Crippen molar-refractivity contribution in [2.24, 2.45) is 0 Å². The Hall–Kier alpha value is -1.82. The molecule has 5 heteroatoms. The van der Waals surface area contributed by atoms with Gasteiger partial charge in [0.25, 0.3) is 0 Å². The summed E-state index contributed by atoms with van der Waals surface area (Å²) in [6.45, 7) is 7.07. The molecule has 0 spiro atoms. The first kappa shape index (κ1) is 15.7. The molecule has 0 atom stereocenters.